The fourth-order valence-electron chi connectivity index (χ4n) is 3.44. The van der Waals surface area contributed by atoms with Gasteiger partial charge >= 0.3 is 0 Å². The van der Waals surface area contributed by atoms with Crippen LogP contribution in [0.5, 0.6) is 5.75 Å². The molecule has 5 heteroatoms. The molecule has 1 aliphatic heterocycles. The van der Waals surface area contributed by atoms with Crippen LogP contribution in [0.15, 0.2) is 36.7 Å². The highest BCUT2D eigenvalue weighted by atomic mass is 16.5. The van der Waals surface area contributed by atoms with Crippen LogP contribution >= 0.6 is 0 Å². The highest BCUT2D eigenvalue weighted by Gasteiger charge is 2.28. The third kappa shape index (κ3) is 3.97. The van der Waals surface area contributed by atoms with Gasteiger partial charge in [-0.05, 0) is 56.0 Å². The van der Waals surface area contributed by atoms with Crippen LogP contribution in [0.2, 0.25) is 0 Å². The van der Waals surface area contributed by atoms with Crippen molar-refractivity contribution in [2.45, 2.75) is 25.4 Å². The van der Waals surface area contributed by atoms with Gasteiger partial charge in [-0.15, -0.1) is 0 Å². The summed E-state index contributed by atoms with van der Waals surface area (Å²) in [7, 11) is 3.63. The Morgan fingerprint density at radius 1 is 1.25 bits per heavy atom. The van der Waals surface area contributed by atoms with Crippen molar-refractivity contribution in [1.82, 2.24) is 14.5 Å². The summed E-state index contributed by atoms with van der Waals surface area (Å²) >= 11 is 0. The van der Waals surface area contributed by atoms with E-state index in [2.05, 4.69) is 22.0 Å². The molecule has 2 aromatic rings. The molecule has 0 saturated carbocycles. The second kappa shape index (κ2) is 7.81. The van der Waals surface area contributed by atoms with Crippen molar-refractivity contribution in [3.05, 3.63) is 48.0 Å². The van der Waals surface area contributed by atoms with Crippen molar-refractivity contribution in [3.8, 4) is 5.75 Å². The first-order valence-electron chi connectivity index (χ1n) is 8.68. The Balaban J connectivity index is 1.45. The Bertz CT molecular complexity index is 630. The molecule has 130 valence electrons. The molecule has 0 radical (unpaired) electrons. The van der Waals surface area contributed by atoms with Crippen LogP contribution in [-0.4, -0.2) is 46.3 Å². The van der Waals surface area contributed by atoms with Gasteiger partial charge in [-0.3, -0.25) is 0 Å². The molecule has 0 aliphatic carbocycles. The molecule has 1 aromatic heterocycles. The summed E-state index contributed by atoms with van der Waals surface area (Å²) in [6, 6.07) is 8.31. The van der Waals surface area contributed by atoms with Crippen molar-refractivity contribution in [2.24, 2.45) is 13.0 Å². The SMILES string of the molecule is COc1ccc(CCN2CCC([C@@H](O)c3nccn3C)CC2)cc1. The van der Waals surface area contributed by atoms with Gasteiger partial charge in [0.1, 0.15) is 17.7 Å². The van der Waals surface area contributed by atoms with E-state index in [1.165, 1.54) is 5.56 Å². The third-order valence-electron chi connectivity index (χ3n) is 5.08. The van der Waals surface area contributed by atoms with Gasteiger partial charge in [0.25, 0.3) is 0 Å². The minimum atomic E-state index is -0.450. The highest BCUT2D eigenvalue weighted by Crippen LogP contribution is 2.29. The predicted octanol–water partition coefficient (Wildman–Crippen LogP) is 2.42. The van der Waals surface area contributed by atoms with E-state index in [0.717, 1.165) is 50.5 Å². The molecule has 1 aliphatic rings. The molecular weight excluding hydrogens is 302 g/mol. The molecule has 3 rings (SSSR count). The molecule has 24 heavy (non-hydrogen) atoms. The lowest BCUT2D eigenvalue weighted by Crippen LogP contribution is -2.37. The van der Waals surface area contributed by atoms with Gasteiger partial charge in [-0.1, -0.05) is 12.1 Å². The predicted molar refractivity (Wildman–Crippen MR) is 94.0 cm³/mol. The number of aliphatic hydroxyl groups is 1. The highest BCUT2D eigenvalue weighted by molar-refractivity contribution is 5.27. The Hall–Kier alpha value is -1.85. The second-order valence-electron chi connectivity index (χ2n) is 6.62. The first kappa shape index (κ1) is 17.0. The summed E-state index contributed by atoms with van der Waals surface area (Å²) in [6.45, 7) is 3.15. The number of hydrogen-bond donors (Lipinski definition) is 1. The molecule has 1 saturated heterocycles. The van der Waals surface area contributed by atoms with Gasteiger partial charge in [0.05, 0.1) is 7.11 Å². The lowest BCUT2D eigenvalue weighted by Gasteiger charge is -2.34. The van der Waals surface area contributed by atoms with Crippen molar-refractivity contribution in [2.75, 3.05) is 26.7 Å². The maximum Gasteiger partial charge on any atom is 0.137 e. The maximum absolute atomic E-state index is 10.5. The number of methoxy groups -OCH3 is 1. The normalized spacial score (nSPS) is 17.8. The molecule has 2 heterocycles. The van der Waals surface area contributed by atoms with Crippen molar-refractivity contribution in [1.29, 1.82) is 0 Å². The number of aryl methyl sites for hydroxylation is 1. The largest absolute Gasteiger partial charge is 0.497 e. The topological polar surface area (TPSA) is 50.5 Å². The quantitative estimate of drug-likeness (QED) is 0.884. The maximum atomic E-state index is 10.5. The standard InChI is InChI=1S/C19H27N3O2/c1-21-14-10-20-19(21)18(23)16-8-12-22(13-9-16)11-7-15-3-5-17(24-2)6-4-15/h3-6,10,14,16,18,23H,7-9,11-13H2,1-2H3/t18-/m1/s1. The van der Waals surface area contributed by atoms with E-state index >= 15 is 0 Å². The minimum absolute atomic E-state index is 0.309. The number of imidazole rings is 1. The van der Waals surface area contributed by atoms with Crippen molar-refractivity contribution < 1.29 is 9.84 Å². The fourth-order valence-corrected chi connectivity index (χ4v) is 3.44. The van der Waals surface area contributed by atoms with E-state index in [1.807, 2.05) is 29.9 Å². The number of rotatable bonds is 6. The van der Waals surface area contributed by atoms with E-state index < -0.39 is 6.10 Å². The van der Waals surface area contributed by atoms with E-state index in [-0.39, 0.29) is 0 Å². The van der Waals surface area contributed by atoms with E-state index in [4.69, 9.17) is 4.74 Å². The van der Waals surface area contributed by atoms with E-state index in [1.54, 1.807) is 13.3 Å². The fraction of sp³-hybridized carbons (Fsp3) is 0.526. The monoisotopic (exact) mass is 329 g/mol. The van der Waals surface area contributed by atoms with Gasteiger partial charge in [0, 0.05) is 26.0 Å². The molecule has 1 atom stereocenters. The lowest BCUT2D eigenvalue weighted by molar-refractivity contribution is 0.0514. The van der Waals surface area contributed by atoms with Gasteiger partial charge in [0.2, 0.25) is 0 Å². The van der Waals surface area contributed by atoms with Crippen LogP contribution in [0, 0.1) is 5.92 Å². The summed E-state index contributed by atoms with van der Waals surface area (Å²) < 4.78 is 7.11. The van der Waals surface area contributed by atoms with E-state index in [0.29, 0.717) is 5.92 Å². The summed E-state index contributed by atoms with van der Waals surface area (Å²) in [6.07, 6.45) is 6.29. The molecule has 5 nitrogen and oxygen atoms in total. The number of benzene rings is 1. The van der Waals surface area contributed by atoms with Gasteiger partial charge in [0.15, 0.2) is 0 Å². The number of aliphatic hydroxyl groups excluding tert-OH is 1. The zero-order chi connectivity index (χ0) is 16.9. The second-order valence-corrected chi connectivity index (χ2v) is 6.62. The Kier molecular flexibility index (Phi) is 5.53. The molecule has 1 N–H and O–H groups in total. The Morgan fingerprint density at radius 2 is 1.96 bits per heavy atom. The van der Waals surface area contributed by atoms with Crippen molar-refractivity contribution in [3.63, 3.8) is 0 Å². The van der Waals surface area contributed by atoms with Crippen LogP contribution in [0.25, 0.3) is 0 Å². The molecule has 0 amide bonds. The van der Waals surface area contributed by atoms with Gasteiger partial charge in [-0.25, -0.2) is 4.98 Å². The first-order valence-corrected chi connectivity index (χ1v) is 8.68. The summed E-state index contributed by atoms with van der Waals surface area (Å²) in [5.74, 6) is 2.00. The Labute approximate surface area is 143 Å². The summed E-state index contributed by atoms with van der Waals surface area (Å²) in [4.78, 5) is 6.78. The average molecular weight is 329 g/mol. The minimum Gasteiger partial charge on any atom is -0.497 e. The van der Waals surface area contributed by atoms with Crippen LogP contribution in [0.1, 0.15) is 30.3 Å². The van der Waals surface area contributed by atoms with Crippen LogP contribution in [0.3, 0.4) is 0 Å². The average Bonchev–Trinajstić information content (AvgIpc) is 3.06. The van der Waals surface area contributed by atoms with Gasteiger partial charge < -0.3 is 19.3 Å². The van der Waals surface area contributed by atoms with E-state index in [9.17, 15) is 5.11 Å². The molecular formula is C19H27N3O2. The molecule has 1 fully saturated rings. The number of hydrogen-bond acceptors (Lipinski definition) is 4. The van der Waals surface area contributed by atoms with Crippen LogP contribution < -0.4 is 4.74 Å². The number of aromatic nitrogens is 2. The smallest absolute Gasteiger partial charge is 0.137 e. The van der Waals surface area contributed by atoms with Crippen LogP contribution in [0.4, 0.5) is 0 Å². The third-order valence-corrected chi connectivity index (χ3v) is 5.08. The van der Waals surface area contributed by atoms with Crippen molar-refractivity contribution >= 4 is 0 Å². The number of piperidine rings is 1. The summed E-state index contributed by atoms with van der Waals surface area (Å²) in [5.41, 5.74) is 1.34. The molecule has 0 spiro atoms. The number of nitrogens with zero attached hydrogens (tertiary/aromatic N) is 3. The molecule has 0 unspecified atom stereocenters. The molecule has 0 bridgehead atoms. The first-order chi connectivity index (χ1) is 11.7. The zero-order valence-corrected chi connectivity index (χ0v) is 14.6. The number of ether oxygens (including phenoxy) is 1. The lowest BCUT2D eigenvalue weighted by atomic mass is 9.90. The van der Waals surface area contributed by atoms with Crippen LogP contribution in [-0.2, 0) is 13.5 Å². The number of likely N-dealkylation sites (tertiary alicyclic amines) is 1. The zero-order valence-electron chi connectivity index (χ0n) is 14.6. The Morgan fingerprint density at radius 3 is 2.54 bits per heavy atom. The molecule has 1 aromatic carbocycles. The summed E-state index contributed by atoms with van der Waals surface area (Å²) in [5, 5.41) is 10.5. The van der Waals surface area contributed by atoms with Gasteiger partial charge in [-0.2, -0.15) is 0 Å².